The van der Waals surface area contributed by atoms with Crippen LogP contribution in [0.2, 0.25) is 0 Å². The molecule has 0 aromatic rings. The van der Waals surface area contributed by atoms with Crippen LogP contribution in [0.5, 0.6) is 0 Å². The molecule has 0 spiro atoms. The number of rotatable bonds is 12. The molecule has 19 heavy (non-hydrogen) atoms. The maximum Gasteiger partial charge on any atom is 0.0591 e. The second-order valence-electron chi connectivity index (χ2n) is 6.67. The van der Waals surface area contributed by atoms with Crippen LogP contribution in [-0.2, 0) is 0 Å². The molecule has 0 bridgehead atoms. The van der Waals surface area contributed by atoms with E-state index in [1.165, 1.54) is 51.4 Å². The van der Waals surface area contributed by atoms with Crippen LogP contribution in [-0.4, -0.2) is 10.7 Å². The van der Waals surface area contributed by atoms with Crippen molar-refractivity contribution in [1.82, 2.24) is 0 Å². The number of hydrogen-bond donors (Lipinski definition) is 1. The molecule has 0 aliphatic carbocycles. The SMILES string of the molecule is CCCCCCCC/C=C/C(C)CCCC(C)(C)O. The lowest BCUT2D eigenvalue weighted by Crippen LogP contribution is -2.18. The third kappa shape index (κ3) is 15.6. The molecule has 0 rings (SSSR count). The average molecular weight is 268 g/mol. The van der Waals surface area contributed by atoms with Crippen LogP contribution in [0, 0.1) is 5.92 Å². The highest BCUT2D eigenvalue weighted by Crippen LogP contribution is 2.17. The van der Waals surface area contributed by atoms with Gasteiger partial charge in [-0.25, -0.2) is 0 Å². The van der Waals surface area contributed by atoms with E-state index in [2.05, 4.69) is 26.0 Å². The third-order valence-electron chi connectivity index (χ3n) is 3.64. The van der Waals surface area contributed by atoms with Gasteiger partial charge in [0.25, 0.3) is 0 Å². The molecule has 0 aliphatic rings. The van der Waals surface area contributed by atoms with Gasteiger partial charge in [-0.1, -0.05) is 64.5 Å². The Morgan fingerprint density at radius 2 is 1.63 bits per heavy atom. The first-order valence-corrected chi connectivity index (χ1v) is 8.34. The average Bonchev–Trinajstić information content (AvgIpc) is 2.31. The molecule has 0 aliphatic heterocycles. The zero-order chi connectivity index (χ0) is 14.6. The molecule has 1 atom stereocenters. The van der Waals surface area contributed by atoms with E-state index in [1.54, 1.807) is 0 Å². The van der Waals surface area contributed by atoms with E-state index in [4.69, 9.17) is 0 Å². The van der Waals surface area contributed by atoms with Crippen molar-refractivity contribution in [2.45, 2.75) is 97.5 Å². The van der Waals surface area contributed by atoms with Crippen LogP contribution in [0.25, 0.3) is 0 Å². The van der Waals surface area contributed by atoms with Gasteiger partial charge < -0.3 is 5.11 Å². The quantitative estimate of drug-likeness (QED) is 0.346. The minimum Gasteiger partial charge on any atom is -0.390 e. The Kier molecular flexibility index (Phi) is 11.3. The summed E-state index contributed by atoms with van der Waals surface area (Å²) in [5.41, 5.74) is -0.498. The van der Waals surface area contributed by atoms with Crippen LogP contribution in [0.15, 0.2) is 12.2 Å². The Hall–Kier alpha value is -0.300. The van der Waals surface area contributed by atoms with Crippen molar-refractivity contribution in [2.75, 3.05) is 0 Å². The van der Waals surface area contributed by atoms with E-state index in [-0.39, 0.29) is 0 Å². The standard InChI is InChI=1S/C18H36O/c1-5-6-7-8-9-10-11-12-14-17(2)15-13-16-18(3,4)19/h12,14,17,19H,5-11,13,15-16H2,1-4H3/b14-12+. The molecule has 0 saturated carbocycles. The normalized spacial score (nSPS) is 14.2. The molecule has 0 aromatic heterocycles. The first-order valence-electron chi connectivity index (χ1n) is 8.34. The summed E-state index contributed by atoms with van der Waals surface area (Å²) in [6, 6.07) is 0. The number of aliphatic hydroxyl groups is 1. The van der Waals surface area contributed by atoms with Crippen molar-refractivity contribution in [2.24, 2.45) is 5.92 Å². The second kappa shape index (κ2) is 11.5. The topological polar surface area (TPSA) is 20.2 Å². The highest BCUT2D eigenvalue weighted by Gasteiger charge is 2.11. The van der Waals surface area contributed by atoms with E-state index >= 15 is 0 Å². The predicted molar refractivity (Wildman–Crippen MR) is 86.4 cm³/mol. The van der Waals surface area contributed by atoms with E-state index in [0.29, 0.717) is 5.92 Å². The van der Waals surface area contributed by atoms with Crippen molar-refractivity contribution >= 4 is 0 Å². The van der Waals surface area contributed by atoms with E-state index in [9.17, 15) is 5.11 Å². The molecular formula is C18H36O. The Bertz CT molecular complexity index is 212. The summed E-state index contributed by atoms with van der Waals surface area (Å²) >= 11 is 0. The molecule has 114 valence electrons. The van der Waals surface area contributed by atoms with Gasteiger partial charge in [0.05, 0.1) is 5.60 Å². The molecule has 1 N–H and O–H groups in total. The van der Waals surface area contributed by atoms with E-state index in [1.807, 2.05) is 13.8 Å². The Morgan fingerprint density at radius 3 is 2.26 bits per heavy atom. The lowest BCUT2D eigenvalue weighted by atomic mass is 9.96. The minimum atomic E-state index is -0.498. The summed E-state index contributed by atoms with van der Waals surface area (Å²) < 4.78 is 0. The maximum absolute atomic E-state index is 9.65. The van der Waals surface area contributed by atoms with Crippen LogP contribution < -0.4 is 0 Å². The van der Waals surface area contributed by atoms with Gasteiger partial charge in [0.15, 0.2) is 0 Å². The van der Waals surface area contributed by atoms with Crippen molar-refractivity contribution < 1.29 is 5.11 Å². The Labute approximate surface area is 121 Å². The van der Waals surface area contributed by atoms with Gasteiger partial charge in [0.2, 0.25) is 0 Å². The Balaban J connectivity index is 3.39. The van der Waals surface area contributed by atoms with Gasteiger partial charge in [-0.2, -0.15) is 0 Å². The molecule has 0 fully saturated rings. The van der Waals surface area contributed by atoms with Crippen molar-refractivity contribution in [3.05, 3.63) is 12.2 Å². The molecule has 1 nitrogen and oxygen atoms in total. The summed E-state index contributed by atoms with van der Waals surface area (Å²) in [5, 5.41) is 9.65. The van der Waals surface area contributed by atoms with E-state index < -0.39 is 5.60 Å². The minimum absolute atomic E-state index is 0.498. The summed E-state index contributed by atoms with van der Waals surface area (Å²) in [6.07, 6.45) is 17.4. The zero-order valence-corrected chi connectivity index (χ0v) is 13.8. The Morgan fingerprint density at radius 1 is 1.00 bits per heavy atom. The van der Waals surface area contributed by atoms with Crippen LogP contribution in [0.4, 0.5) is 0 Å². The summed E-state index contributed by atoms with van der Waals surface area (Å²) in [6.45, 7) is 8.34. The van der Waals surface area contributed by atoms with Gasteiger partial charge in [0.1, 0.15) is 0 Å². The fourth-order valence-electron chi connectivity index (χ4n) is 2.32. The maximum atomic E-state index is 9.65. The zero-order valence-electron chi connectivity index (χ0n) is 13.8. The fraction of sp³-hybridized carbons (Fsp3) is 0.889. The predicted octanol–water partition coefficient (Wildman–Crippen LogP) is 5.87. The smallest absolute Gasteiger partial charge is 0.0591 e. The number of unbranched alkanes of at least 4 members (excludes halogenated alkanes) is 6. The molecule has 0 heterocycles. The molecule has 1 unspecified atom stereocenters. The molecule has 1 heteroatoms. The molecule has 0 aromatic carbocycles. The van der Waals surface area contributed by atoms with Gasteiger partial charge in [-0.05, 0) is 45.4 Å². The van der Waals surface area contributed by atoms with Crippen LogP contribution in [0.3, 0.4) is 0 Å². The molecule has 0 amide bonds. The van der Waals surface area contributed by atoms with Crippen LogP contribution >= 0.6 is 0 Å². The van der Waals surface area contributed by atoms with Crippen molar-refractivity contribution in [1.29, 1.82) is 0 Å². The first-order chi connectivity index (χ1) is 8.95. The lowest BCUT2D eigenvalue weighted by molar-refractivity contribution is 0.0675. The van der Waals surface area contributed by atoms with Gasteiger partial charge in [-0.15, -0.1) is 0 Å². The fourth-order valence-corrected chi connectivity index (χ4v) is 2.32. The van der Waals surface area contributed by atoms with E-state index in [0.717, 1.165) is 12.8 Å². The summed E-state index contributed by atoms with van der Waals surface area (Å²) in [7, 11) is 0. The molecule has 0 saturated heterocycles. The summed E-state index contributed by atoms with van der Waals surface area (Å²) in [5.74, 6) is 0.655. The van der Waals surface area contributed by atoms with Gasteiger partial charge in [0, 0.05) is 0 Å². The monoisotopic (exact) mass is 268 g/mol. The molecular weight excluding hydrogens is 232 g/mol. The second-order valence-corrected chi connectivity index (χ2v) is 6.67. The van der Waals surface area contributed by atoms with Crippen LogP contribution in [0.1, 0.15) is 91.9 Å². The third-order valence-corrected chi connectivity index (χ3v) is 3.64. The highest BCUT2D eigenvalue weighted by molar-refractivity contribution is 4.86. The lowest BCUT2D eigenvalue weighted by Gasteiger charge is -2.17. The summed E-state index contributed by atoms with van der Waals surface area (Å²) in [4.78, 5) is 0. The van der Waals surface area contributed by atoms with Gasteiger partial charge >= 0.3 is 0 Å². The molecule has 0 radical (unpaired) electrons. The highest BCUT2D eigenvalue weighted by atomic mass is 16.3. The number of allylic oxidation sites excluding steroid dienone is 2. The van der Waals surface area contributed by atoms with Crippen molar-refractivity contribution in [3.8, 4) is 0 Å². The first kappa shape index (κ1) is 18.7. The van der Waals surface area contributed by atoms with Gasteiger partial charge in [-0.3, -0.25) is 0 Å². The largest absolute Gasteiger partial charge is 0.390 e. The van der Waals surface area contributed by atoms with Crippen molar-refractivity contribution in [3.63, 3.8) is 0 Å². The number of hydrogen-bond acceptors (Lipinski definition) is 1.